The topological polar surface area (TPSA) is 98.7 Å². The van der Waals surface area contributed by atoms with Crippen molar-refractivity contribution in [2.45, 2.75) is 50.8 Å². The number of thioether (sulfide) groups is 1. The van der Waals surface area contributed by atoms with Crippen molar-refractivity contribution in [3.63, 3.8) is 0 Å². The number of oxazole rings is 1. The monoisotopic (exact) mass is 433 g/mol. The molecule has 10 heteroatoms. The number of nitrogens with zero attached hydrogens (tertiary/aromatic N) is 4. The molecule has 0 aliphatic heterocycles. The summed E-state index contributed by atoms with van der Waals surface area (Å²) >= 11 is 7.38. The molecule has 8 nitrogen and oxygen atoms in total. The van der Waals surface area contributed by atoms with Gasteiger partial charge in [-0.15, -0.1) is 0 Å². The van der Waals surface area contributed by atoms with Crippen molar-refractivity contribution in [3.8, 4) is 0 Å². The van der Waals surface area contributed by atoms with E-state index in [4.69, 9.17) is 16.0 Å². The fourth-order valence-corrected chi connectivity index (χ4v) is 4.21. The molecule has 3 aromatic heterocycles. The molecule has 29 heavy (non-hydrogen) atoms. The van der Waals surface area contributed by atoms with Crippen molar-refractivity contribution in [1.29, 1.82) is 0 Å². The van der Waals surface area contributed by atoms with E-state index in [1.54, 1.807) is 22.8 Å². The minimum atomic E-state index is -0.424. The number of aromatic amines is 1. The van der Waals surface area contributed by atoms with Crippen molar-refractivity contribution in [3.05, 3.63) is 49.9 Å². The largest absolute Gasteiger partial charge is 0.431 e. The molecule has 0 fully saturated rings. The van der Waals surface area contributed by atoms with Crippen LogP contribution in [0.3, 0.4) is 0 Å². The maximum Gasteiger partial charge on any atom is 0.330 e. The van der Waals surface area contributed by atoms with Gasteiger partial charge < -0.3 is 8.98 Å². The molecule has 0 saturated heterocycles. The Balaban J connectivity index is 1.71. The number of nitrogens with one attached hydrogen (secondary N) is 1. The third kappa shape index (κ3) is 3.72. The third-order valence-corrected chi connectivity index (χ3v) is 5.73. The Hall–Kier alpha value is -2.52. The lowest BCUT2D eigenvalue weighted by Gasteiger charge is -2.06. The summed E-state index contributed by atoms with van der Waals surface area (Å²) in [5.74, 6) is 1.14. The van der Waals surface area contributed by atoms with Crippen molar-refractivity contribution in [1.82, 2.24) is 24.1 Å². The van der Waals surface area contributed by atoms with Crippen LogP contribution in [0, 0.1) is 0 Å². The summed E-state index contributed by atoms with van der Waals surface area (Å²) in [6, 6.07) is 5.28. The van der Waals surface area contributed by atoms with Crippen LogP contribution in [-0.4, -0.2) is 24.1 Å². The third-order valence-electron chi connectivity index (χ3n) is 4.67. The molecule has 0 amide bonds. The molecule has 152 valence electrons. The highest BCUT2D eigenvalue weighted by molar-refractivity contribution is 7.98. The van der Waals surface area contributed by atoms with Gasteiger partial charge in [-0.25, -0.2) is 14.8 Å². The lowest BCUT2D eigenvalue weighted by atomic mass is 10.3. The average molecular weight is 434 g/mol. The summed E-state index contributed by atoms with van der Waals surface area (Å²) in [5.41, 5.74) is 1.35. The van der Waals surface area contributed by atoms with Gasteiger partial charge in [-0.05, 0) is 31.5 Å². The van der Waals surface area contributed by atoms with Gasteiger partial charge in [-0.1, -0.05) is 36.7 Å². The van der Waals surface area contributed by atoms with Crippen molar-refractivity contribution in [2.24, 2.45) is 0 Å². The maximum atomic E-state index is 12.5. The number of hydrogen-bond acceptors (Lipinski definition) is 6. The molecule has 1 aromatic carbocycles. The quantitative estimate of drug-likeness (QED) is 0.445. The van der Waals surface area contributed by atoms with Crippen molar-refractivity contribution in [2.75, 3.05) is 0 Å². The van der Waals surface area contributed by atoms with E-state index in [9.17, 15) is 9.59 Å². The van der Waals surface area contributed by atoms with Crippen LogP contribution in [0.1, 0.15) is 32.5 Å². The fraction of sp³-hybridized carbons (Fsp3) is 0.368. The van der Waals surface area contributed by atoms with E-state index in [1.807, 2.05) is 18.4 Å². The number of hydrogen-bond donors (Lipinski definition) is 1. The first-order chi connectivity index (χ1) is 14.0. The maximum absolute atomic E-state index is 12.5. The highest BCUT2D eigenvalue weighted by Gasteiger charge is 2.18. The number of benzene rings is 1. The molecule has 4 aromatic rings. The zero-order valence-corrected chi connectivity index (χ0v) is 17.6. The summed E-state index contributed by atoms with van der Waals surface area (Å²) < 4.78 is 9.12. The first-order valence-electron chi connectivity index (χ1n) is 9.43. The van der Waals surface area contributed by atoms with E-state index >= 15 is 0 Å². The summed E-state index contributed by atoms with van der Waals surface area (Å²) in [6.45, 7) is 5.07. The lowest BCUT2D eigenvalue weighted by Crippen LogP contribution is -2.31. The van der Waals surface area contributed by atoms with Gasteiger partial charge in [0.2, 0.25) is 0 Å². The summed E-state index contributed by atoms with van der Waals surface area (Å²) in [4.78, 5) is 36.2. The normalized spacial score (nSPS) is 11.7. The first kappa shape index (κ1) is 19.8. The molecule has 0 atom stereocenters. The molecule has 0 unspecified atom stereocenters. The smallest absolute Gasteiger partial charge is 0.330 e. The molecular weight excluding hydrogens is 414 g/mol. The van der Waals surface area contributed by atoms with Crippen LogP contribution in [0.4, 0.5) is 0 Å². The minimum absolute atomic E-state index is 0.417. The van der Waals surface area contributed by atoms with E-state index in [1.165, 1.54) is 11.8 Å². The van der Waals surface area contributed by atoms with E-state index in [2.05, 4.69) is 15.0 Å². The van der Waals surface area contributed by atoms with Gasteiger partial charge in [-0.3, -0.25) is 14.3 Å². The van der Waals surface area contributed by atoms with E-state index in [-0.39, 0.29) is 0 Å². The number of H-pyrrole nitrogens is 1. The Morgan fingerprint density at radius 1 is 1.21 bits per heavy atom. The summed E-state index contributed by atoms with van der Waals surface area (Å²) in [7, 11) is 0. The van der Waals surface area contributed by atoms with Crippen LogP contribution in [0.25, 0.3) is 22.3 Å². The van der Waals surface area contributed by atoms with Gasteiger partial charge >= 0.3 is 5.69 Å². The Bertz CT molecular complexity index is 1300. The standard InChI is InChI=1S/C19H20ClN5O3S/c1-3-5-8-25-16-15(17(26)23-18(25)27)24(4-2)14(22-16)10-29-19-21-12-9-11(20)6-7-13(12)28-19/h6-7,9H,3-5,8,10H2,1-2H3,(H,23,26,27). The Morgan fingerprint density at radius 2 is 2.03 bits per heavy atom. The van der Waals surface area contributed by atoms with Crippen LogP contribution < -0.4 is 11.2 Å². The van der Waals surface area contributed by atoms with Gasteiger partial charge in [0.25, 0.3) is 10.8 Å². The molecule has 0 bridgehead atoms. The molecule has 1 N–H and O–H groups in total. The van der Waals surface area contributed by atoms with Gasteiger partial charge in [0.1, 0.15) is 11.3 Å². The van der Waals surface area contributed by atoms with Gasteiger partial charge in [0.05, 0.1) is 5.75 Å². The van der Waals surface area contributed by atoms with Gasteiger partial charge in [0, 0.05) is 18.1 Å². The van der Waals surface area contributed by atoms with E-state index in [0.717, 1.165) is 12.8 Å². The van der Waals surface area contributed by atoms with Crippen molar-refractivity contribution >= 4 is 45.6 Å². The highest BCUT2D eigenvalue weighted by Crippen LogP contribution is 2.28. The number of aryl methyl sites for hydroxylation is 2. The van der Waals surface area contributed by atoms with Crippen LogP contribution in [0.15, 0.2) is 37.4 Å². The number of unbranched alkanes of at least 4 members (excludes halogenated alkanes) is 1. The number of aromatic nitrogens is 5. The number of rotatable bonds is 7. The van der Waals surface area contributed by atoms with Crippen molar-refractivity contribution < 1.29 is 4.42 Å². The van der Waals surface area contributed by atoms with Gasteiger partial charge in [0.15, 0.2) is 16.7 Å². The Kier molecular flexibility index (Phi) is 5.51. The highest BCUT2D eigenvalue weighted by atomic mass is 35.5. The van der Waals surface area contributed by atoms with E-state index < -0.39 is 11.2 Å². The first-order valence-corrected chi connectivity index (χ1v) is 10.8. The predicted octanol–water partition coefficient (Wildman–Crippen LogP) is 3.79. The molecular formula is C19H20ClN5O3S. The zero-order chi connectivity index (χ0) is 20.5. The van der Waals surface area contributed by atoms with Crippen LogP contribution in [0.5, 0.6) is 0 Å². The molecule has 0 aliphatic carbocycles. The second-order valence-electron chi connectivity index (χ2n) is 6.59. The molecule has 4 rings (SSSR count). The molecule has 0 radical (unpaired) electrons. The second-order valence-corrected chi connectivity index (χ2v) is 7.95. The zero-order valence-electron chi connectivity index (χ0n) is 16.1. The minimum Gasteiger partial charge on any atom is -0.431 e. The fourth-order valence-electron chi connectivity index (χ4n) is 3.26. The number of imidazole rings is 1. The van der Waals surface area contributed by atoms with Crippen LogP contribution in [0.2, 0.25) is 5.02 Å². The lowest BCUT2D eigenvalue weighted by molar-refractivity contribution is 0.489. The number of halogens is 1. The Morgan fingerprint density at radius 3 is 2.79 bits per heavy atom. The SMILES string of the molecule is CCCCn1c(=O)[nH]c(=O)c2c1nc(CSc1nc3cc(Cl)ccc3o1)n2CC. The average Bonchev–Trinajstić information content (AvgIpc) is 3.26. The summed E-state index contributed by atoms with van der Waals surface area (Å²) in [5, 5.41) is 1.09. The van der Waals surface area contributed by atoms with Crippen LogP contribution >= 0.6 is 23.4 Å². The van der Waals surface area contributed by atoms with Gasteiger partial charge in [-0.2, -0.15) is 0 Å². The molecule has 0 spiro atoms. The molecule has 0 saturated carbocycles. The van der Waals surface area contributed by atoms with Crippen LogP contribution in [-0.2, 0) is 18.8 Å². The Labute approximate surface area is 174 Å². The summed E-state index contributed by atoms with van der Waals surface area (Å²) in [6.07, 6.45) is 1.77. The molecule has 0 aliphatic rings. The predicted molar refractivity (Wildman–Crippen MR) is 114 cm³/mol. The second kappa shape index (κ2) is 8.08. The molecule has 3 heterocycles. The van der Waals surface area contributed by atoms with E-state index in [0.29, 0.717) is 57.2 Å². The number of fused-ring (bicyclic) bond motifs is 2.